The van der Waals surface area contributed by atoms with E-state index < -0.39 is 5.60 Å². The van der Waals surface area contributed by atoms with Crippen LogP contribution in [-0.2, 0) is 4.74 Å². The van der Waals surface area contributed by atoms with Gasteiger partial charge in [-0.3, -0.25) is 0 Å². The van der Waals surface area contributed by atoms with E-state index in [1.165, 1.54) is 0 Å². The molecule has 0 spiro atoms. The Labute approximate surface area is 92.0 Å². The lowest BCUT2D eigenvalue weighted by Gasteiger charge is -2.34. The highest BCUT2D eigenvalue weighted by molar-refractivity contribution is 5.68. The monoisotopic (exact) mass is 214 g/mol. The lowest BCUT2D eigenvalue weighted by Crippen LogP contribution is -2.53. The summed E-state index contributed by atoms with van der Waals surface area (Å²) in [5.41, 5.74) is -0.399. The van der Waals surface area contributed by atoms with E-state index in [2.05, 4.69) is 12.2 Å². The summed E-state index contributed by atoms with van der Waals surface area (Å²) >= 11 is 0. The lowest BCUT2D eigenvalue weighted by molar-refractivity contribution is 0.0194. The number of amides is 1. The summed E-state index contributed by atoms with van der Waals surface area (Å²) in [6.45, 7) is 10.2. The van der Waals surface area contributed by atoms with Gasteiger partial charge in [0.1, 0.15) is 5.60 Å². The van der Waals surface area contributed by atoms with Gasteiger partial charge < -0.3 is 15.0 Å². The Hall–Kier alpha value is -0.770. The van der Waals surface area contributed by atoms with Gasteiger partial charge in [-0.25, -0.2) is 4.79 Å². The second-order valence-corrected chi connectivity index (χ2v) is 4.99. The number of piperazine rings is 1. The normalized spacial score (nSPS) is 22.7. The summed E-state index contributed by atoms with van der Waals surface area (Å²) < 4.78 is 5.33. The topological polar surface area (TPSA) is 41.6 Å². The van der Waals surface area contributed by atoms with Crippen molar-refractivity contribution in [3.8, 4) is 0 Å². The van der Waals surface area contributed by atoms with Crippen molar-refractivity contribution in [2.24, 2.45) is 0 Å². The molecule has 1 atom stereocenters. The van der Waals surface area contributed by atoms with Crippen molar-refractivity contribution in [2.75, 3.05) is 19.6 Å². The lowest BCUT2D eigenvalue weighted by atomic mass is 10.1. The van der Waals surface area contributed by atoms with Crippen molar-refractivity contribution < 1.29 is 9.53 Å². The van der Waals surface area contributed by atoms with Crippen LogP contribution in [-0.4, -0.2) is 42.3 Å². The van der Waals surface area contributed by atoms with Crippen LogP contribution in [0.25, 0.3) is 0 Å². The van der Waals surface area contributed by atoms with E-state index in [0.717, 1.165) is 26.1 Å². The minimum Gasteiger partial charge on any atom is -0.444 e. The SMILES string of the molecule is CC[C@@H]1CN(C(=O)OC(C)(C)C)CCN1. The van der Waals surface area contributed by atoms with Crippen molar-refractivity contribution in [3.05, 3.63) is 0 Å². The Morgan fingerprint density at radius 1 is 1.53 bits per heavy atom. The Bertz CT molecular complexity index is 223. The first-order valence-electron chi connectivity index (χ1n) is 5.63. The molecular weight excluding hydrogens is 192 g/mol. The van der Waals surface area contributed by atoms with Gasteiger partial charge in [-0.2, -0.15) is 0 Å². The maximum Gasteiger partial charge on any atom is 0.410 e. The average molecular weight is 214 g/mol. The molecule has 1 amide bonds. The molecule has 4 heteroatoms. The van der Waals surface area contributed by atoms with Crippen molar-refractivity contribution in [3.63, 3.8) is 0 Å². The molecule has 1 heterocycles. The molecule has 0 aromatic heterocycles. The molecule has 1 N–H and O–H groups in total. The van der Waals surface area contributed by atoms with E-state index >= 15 is 0 Å². The fourth-order valence-corrected chi connectivity index (χ4v) is 1.59. The third-order valence-corrected chi connectivity index (χ3v) is 2.40. The molecule has 88 valence electrons. The second kappa shape index (κ2) is 4.84. The molecule has 1 saturated heterocycles. The Balaban J connectivity index is 2.45. The molecule has 0 aromatic rings. The summed E-state index contributed by atoms with van der Waals surface area (Å²) in [5.74, 6) is 0. The van der Waals surface area contributed by atoms with Crippen LogP contribution in [0.15, 0.2) is 0 Å². The maximum absolute atomic E-state index is 11.8. The van der Waals surface area contributed by atoms with Crippen LogP contribution >= 0.6 is 0 Å². The van der Waals surface area contributed by atoms with E-state index in [1.807, 2.05) is 20.8 Å². The number of hydrogen-bond acceptors (Lipinski definition) is 3. The smallest absolute Gasteiger partial charge is 0.410 e. The van der Waals surface area contributed by atoms with Crippen LogP contribution in [0.5, 0.6) is 0 Å². The summed E-state index contributed by atoms with van der Waals surface area (Å²) in [7, 11) is 0. The molecule has 1 aliphatic rings. The van der Waals surface area contributed by atoms with Crippen molar-refractivity contribution in [2.45, 2.75) is 45.8 Å². The predicted octanol–water partition coefficient (Wildman–Crippen LogP) is 1.61. The zero-order chi connectivity index (χ0) is 11.5. The summed E-state index contributed by atoms with van der Waals surface area (Å²) in [4.78, 5) is 13.5. The van der Waals surface area contributed by atoms with Crippen molar-refractivity contribution in [1.29, 1.82) is 0 Å². The fraction of sp³-hybridized carbons (Fsp3) is 0.909. The molecule has 0 aromatic carbocycles. The van der Waals surface area contributed by atoms with E-state index in [-0.39, 0.29) is 6.09 Å². The van der Waals surface area contributed by atoms with Gasteiger partial charge in [-0.15, -0.1) is 0 Å². The van der Waals surface area contributed by atoms with Gasteiger partial charge in [0.15, 0.2) is 0 Å². The first-order valence-corrected chi connectivity index (χ1v) is 5.63. The fourth-order valence-electron chi connectivity index (χ4n) is 1.59. The van der Waals surface area contributed by atoms with E-state index in [4.69, 9.17) is 4.74 Å². The minimum absolute atomic E-state index is 0.192. The predicted molar refractivity (Wildman–Crippen MR) is 59.9 cm³/mol. The van der Waals surface area contributed by atoms with Crippen LogP contribution in [0.4, 0.5) is 4.79 Å². The number of nitrogens with one attached hydrogen (secondary N) is 1. The van der Waals surface area contributed by atoms with Crippen molar-refractivity contribution in [1.82, 2.24) is 10.2 Å². The first-order chi connectivity index (χ1) is 6.92. The molecule has 0 bridgehead atoms. The Kier molecular flexibility index (Phi) is 3.97. The first kappa shape index (κ1) is 12.3. The van der Waals surface area contributed by atoms with Gasteiger partial charge in [0.05, 0.1) is 0 Å². The quantitative estimate of drug-likeness (QED) is 0.721. The van der Waals surface area contributed by atoms with Gasteiger partial charge in [-0.1, -0.05) is 6.92 Å². The van der Waals surface area contributed by atoms with E-state index in [9.17, 15) is 4.79 Å². The molecular formula is C11H22N2O2. The number of rotatable bonds is 1. The maximum atomic E-state index is 11.8. The van der Waals surface area contributed by atoms with Gasteiger partial charge >= 0.3 is 6.09 Å². The third kappa shape index (κ3) is 4.08. The second-order valence-electron chi connectivity index (χ2n) is 4.99. The number of carbonyl (C=O) groups is 1. The van der Waals surface area contributed by atoms with Crippen LogP contribution in [0.1, 0.15) is 34.1 Å². The number of ether oxygens (including phenoxy) is 1. The molecule has 0 saturated carbocycles. The van der Waals surface area contributed by atoms with Crippen molar-refractivity contribution >= 4 is 6.09 Å². The average Bonchev–Trinajstić information content (AvgIpc) is 2.15. The molecule has 4 nitrogen and oxygen atoms in total. The van der Waals surface area contributed by atoms with Gasteiger partial charge in [0, 0.05) is 25.7 Å². The standard InChI is InChI=1S/C11H22N2O2/c1-5-9-8-13(7-6-12-9)10(14)15-11(2,3)4/h9,12H,5-8H2,1-4H3/t9-/m1/s1. The largest absolute Gasteiger partial charge is 0.444 e. The molecule has 15 heavy (non-hydrogen) atoms. The molecule has 1 aliphatic heterocycles. The van der Waals surface area contributed by atoms with E-state index in [1.54, 1.807) is 4.90 Å². The van der Waals surface area contributed by atoms with Crippen LogP contribution in [0, 0.1) is 0 Å². The number of hydrogen-bond donors (Lipinski definition) is 1. The third-order valence-electron chi connectivity index (χ3n) is 2.40. The van der Waals surface area contributed by atoms with Crippen LogP contribution in [0.2, 0.25) is 0 Å². The summed E-state index contributed by atoms with van der Waals surface area (Å²) in [6, 6.07) is 0.409. The van der Waals surface area contributed by atoms with Gasteiger partial charge in [-0.05, 0) is 27.2 Å². The van der Waals surface area contributed by atoms with Gasteiger partial charge in [0.2, 0.25) is 0 Å². The zero-order valence-corrected chi connectivity index (χ0v) is 10.2. The molecule has 0 radical (unpaired) electrons. The van der Waals surface area contributed by atoms with Crippen LogP contribution < -0.4 is 5.32 Å². The number of carbonyl (C=O) groups excluding carboxylic acids is 1. The van der Waals surface area contributed by atoms with Crippen LogP contribution in [0.3, 0.4) is 0 Å². The zero-order valence-electron chi connectivity index (χ0n) is 10.2. The van der Waals surface area contributed by atoms with E-state index in [0.29, 0.717) is 6.04 Å². The molecule has 0 aliphatic carbocycles. The minimum atomic E-state index is -0.399. The summed E-state index contributed by atoms with van der Waals surface area (Å²) in [5, 5.41) is 3.37. The molecule has 0 unspecified atom stereocenters. The Morgan fingerprint density at radius 2 is 2.20 bits per heavy atom. The highest BCUT2D eigenvalue weighted by atomic mass is 16.6. The highest BCUT2D eigenvalue weighted by Gasteiger charge is 2.26. The van der Waals surface area contributed by atoms with Gasteiger partial charge in [0.25, 0.3) is 0 Å². The Morgan fingerprint density at radius 3 is 2.73 bits per heavy atom. The summed E-state index contributed by atoms with van der Waals surface area (Å²) in [6.07, 6.45) is 0.849. The molecule has 1 fully saturated rings. The molecule has 1 rings (SSSR count). The number of nitrogens with zero attached hydrogens (tertiary/aromatic N) is 1. The highest BCUT2D eigenvalue weighted by Crippen LogP contribution is 2.11.